The molecule has 37 heavy (non-hydrogen) atoms. The van der Waals surface area contributed by atoms with Gasteiger partial charge in [-0.1, -0.05) is 0 Å². The normalized spacial score (nSPS) is 12.6. The first-order chi connectivity index (χ1) is 17.6. The van der Waals surface area contributed by atoms with Crippen LogP contribution in [-0.2, 0) is 6.18 Å². The number of halogens is 3. The molecule has 2 aromatic heterocycles. The molecule has 184 valence electrons. The van der Waals surface area contributed by atoms with Gasteiger partial charge in [-0.25, -0.2) is 0 Å². The second kappa shape index (κ2) is 8.87. The molecule has 0 bridgehead atoms. The van der Waals surface area contributed by atoms with Crippen molar-refractivity contribution < 1.29 is 13.2 Å². The number of rotatable bonds is 3. The molecule has 6 rings (SSSR count). The number of hydrogen-bond donors (Lipinski definition) is 0. The summed E-state index contributed by atoms with van der Waals surface area (Å²) in [5.41, 5.74) is 2.92. The molecule has 6 aromatic rings. The van der Waals surface area contributed by atoms with Crippen molar-refractivity contribution in [3.05, 3.63) is 96.7 Å². The van der Waals surface area contributed by atoms with Gasteiger partial charge in [-0.15, -0.1) is 0 Å². The first-order valence-electron chi connectivity index (χ1n) is 12.1. The van der Waals surface area contributed by atoms with Gasteiger partial charge in [0.25, 0.3) is 0 Å². The molecule has 0 saturated heterocycles. The maximum atomic E-state index is 14.2. The predicted octanol–water partition coefficient (Wildman–Crippen LogP) is 8.50. The van der Waals surface area contributed by atoms with Crippen molar-refractivity contribution in [2.24, 2.45) is 0 Å². The Balaban J connectivity index is 1.52. The topological polar surface area (TPSA) is 12.9 Å². The fourth-order valence-electron chi connectivity index (χ4n) is 4.88. The summed E-state index contributed by atoms with van der Waals surface area (Å²) in [5.74, 6) is 7.08. The number of benzene rings is 4. The van der Waals surface area contributed by atoms with Crippen molar-refractivity contribution in [2.75, 3.05) is 0 Å². The monoisotopic (exact) mass is 621 g/mol. The van der Waals surface area contributed by atoms with E-state index in [1.54, 1.807) is 0 Å². The van der Waals surface area contributed by atoms with Crippen LogP contribution in [-0.4, -0.2) is 32.8 Å². The third-order valence-corrected chi connectivity index (χ3v) is 13.7. The van der Waals surface area contributed by atoms with E-state index in [0.29, 0.717) is 15.3 Å². The molecule has 4 aromatic carbocycles. The summed E-state index contributed by atoms with van der Waals surface area (Å²) in [4.78, 5) is 4.35. The fraction of sp³-hybridized carbons (Fsp3) is 0.129. The third kappa shape index (κ3) is 4.43. The average molecular weight is 619 g/mol. The molecule has 0 unspecified atom stereocenters. The number of nitrogens with zero attached hydrogens (tertiary/aromatic N) is 1. The molecule has 0 N–H and O–H groups in total. The first kappa shape index (κ1) is 24.5. The summed E-state index contributed by atoms with van der Waals surface area (Å²) < 4.78 is 45.8. The molecule has 0 aliphatic heterocycles. The Bertz CT molecular complexity index is 1780. The molecule has 0 spiro atoms. The Morgan fingerprint density at radius 1 is 0.730 bits per heavy atom. The number of alkyl halides is 3. The van der Waals surface area contributed by atoms with E-state index in [-0.39, 0.29) is 20.1 Å². The summed E-state index contributed by atoms with van der Waals surface area (Å²) >= 11 is -2.18. The van der Waals surface area contributed by atoms with Gasteiger partial charge in [-0.05, 0) is 0 Å². The van der Waals surface area contributed by atoms with Crippen molar-refractivity contribution in [3.63, 3.8) is 0 Å². The molecule has 6 heteroatoms. The van der Waals surface area contributed by atoms with Crippen LogP contribution >= 0.6 is 0 Å². The zero-order valence-corrected chi connectivity index (χ0v) is 24.5. The van der Waals surface area contributed by atoms with E-state index < -0.39 is 25.0 Å². The van der Waals surface area contributed by atoms with Crippen LogP contribution in [0, 0.1) is 0 Å². The molecule has 0 amide bonds. The van der Waals surface area contributed by atoms with Gasteiger partial charge in [0.05, 0.1) is 0 Å². The molecule has 0 radical (unpaired) electrons. The molecular weight excluding hydrogens is 595 g/mol. The van der Waals surface area contributed by atoms with Crippen molar-refractivity contribution in [3.8, 4) is 22.3 Å². The van der Waals surface area contributed by atoms with E-state index in [2.05, 4.69) is 58.7 Å². The number of fused-ring (bicyclic) bond motifs is 4. The summed E-state index contributed by atoms with van der Waals surface area (Å²) in [6.45, 7) is 0. The van der Waals surface area contributed by atoms with Gasteiger partial charge < -0.3 is 0 Å². The van der Waals surface area contributed by atoms with E-state index >= 15 is 0 Å². The van der Waals surface area contributed by atoms with Crippen LogP contribution < -0.4 is 4.40 Å². The van der Waals surface area contributed by atoms with Gasteiger partial charge in [0.1, 0.15) is 0 Å². The van der Waals surface area contributed by atoms with Crippen LogP contribution in [0.2, 0.25) is 17.3 Å². The molecule has 0 aliphatic rings. The van der Waals surface area contributed by atoms with Crippen molar-refractivity contribution in [2.45, 2.75) is 23.4 Å². The molecule has 0 aliphatic carbocycles. The minimum absolute atomic E-state index is 0.264. The Labute approximate surface area is 222 Å². The fourth-order valence-corrected chi connectivity index (χ4v) is 9.97. The summed E-state index contributed by atoms with van der Waals surface area (Å²) in [5, 5.41) is 3.11. The van der Waals surface area contributed by atoms with Gasteiger partial charge in [0.15, 0.2) is 0 Å². The van der Waals surface area contributed by atoms with Crippen LogP contribution in [0.15, 0.2) is 91.1 Å². The van der Waals surface area contributed by atoms with E-state index in [4.69, 9.17) is 0 Å². The zero-order valence-electron chi connectivity index (χ0n) is 20.6. The third-order valence-electron chi connectivity index (χ3n) is 6.91. The Hall–Kier alpha value is -2.86. The van der Waals surface area contributed by atoms with Gasteiger partial charge in [-0.3, -0.25) is 0 Å². The number of aromatic nitrogens is 1. The molecular formula is C31H24F3GeNSe. The Kier molecular flexibility index (Phi) is 5.87. The van der Waals surface area contributed by atoms with Gasteiger partial charge in [-0.2, -0.15) is 0 Å². The van der Waals surface area contributed by atoms with Crippen molar-refractivity contribution in [1.82, 2.24) is 4.98 Å². The standard InChI is InChI=1S/C31H24F3GeNSe/c1-35(2,3)24-14-12-20(13-15-24)19-8-10-21(11-9-19)28-26(31(32,33)34)18-36-29-25-16-22-6-4-5-7-23(22)17-27(25)37-30(28)29/h4-18H,1-3H3. The first-order valence-corrected chi connectivity index (χ1v) is 21.2. The molecule has 1 nitrogen and oxygen atoms in total. The van der Waals surface area contributed by atoms with E-state index in [0.717, 1.165) is 37.7 Å². The van der Waals surface area contributed by atoms with Gasteiger partial charge in [0, 0.05) is 0 Å². The minimum atomic E-state index is -4.49. The van der Waals surface area contributed by atoms with Crippen LogP contribution in [0.1, 0.15) is 5.56 Å². The van der Waals surface area contributed by atoms with Crippen LogP contribution in [0.5, 0.6) is 0 Å². The van der Waals surface area contributed by atoms with E-state index in [1.165, 1.54) is 4.40 Å². The predicted molar refractivity (Wildman–Crippen MR) is 153 cm³/mol. The summed E-state index contributed by atoms with van der Waals surface area (Å²) in [6, 6.07) is 28.4. The van der Waals surface area contributed by atoms with Crippen LogP contribution in [0.3, 0.4) is 0 Å². The van der Waals surface area contributed by atoms with Crippen LogP contribution in [0.4, 0.5) is 13.2 Å². The summed E-state index contributed by atoms with van der Waals surface area (Å²) in [7, 11) is 0. The second-order valence-corrected chi connectivity index (χ2v) is 23.3. The maximum absolute atomic E-state index is 14.2. The number of pyridine rings is 1. The van der Waals surface area contributed by atoms with E-state index in [9.17, 15) is 13.2 Å². The SMILES string of the molecule is [CH3][Ge]([CH3])([CH3])[c]1ccc(-c2ccc(-c3c(C(F)(F)F)cnc4c3[se]c3cc5ccccc5cc34)cc2)cc1. The quantitative estimate of drug-likeness (QED) is 0.181. The van der Waals surface area contributed by atoms with Crippen molar-refractivity contribution in [1.29, 1.82) is 0 Å². The molecule has 0 saturated carbocycles. The number of hydrogen-bond acceptors (Lipinski definition) is 1. The summed E-state index contributed by atoms with van der Waals surface area (Å²) in [6.07, 6.45) is -3.47. The van der Waals surface area contributed by atoms with Crippen LogP contribution in [0.25, 0.3) is 52.4 Å². The molecule has 0 atom stereocenters. The van der Waals surface area contributed by atoms with Gasteiger partial charge >= 0.3 is 223 Å². The molecule has 2 heterocycles. The van der Waals surface area contributed by atoms with Gasteiger partial charge in [0.2, 0.25) is 0 Å². The van der Waals surface area contributed by atoms with Crippen molar-refractivity contribution >= 4 is 62.4 Å². The zero-order chi connectivity index (χ0) is 25.9. The average Bonchev–Trinajstić information content (AvgIpc) is 3.23. The second-order valence-electron chi connectivity index (χ2n) is 10.4. The van der Waals surface area contributed by atoms with E-state index in [1.807, 2.05) is 48.5 Å². The molecule has 0 fully saturated rings. The Morgan fingerprint density at radius 2 is 1.30 bits per heavy atom. The Morgan fingerprint density at radius 3 is 1.89 bits per heavy atom.